The van der Waals surface area contributed by atoms with Crippen molar-refractivity contribution in [2.24, 2.45) is 0 Å². The number of aromatic nitrogens is 1. The van der Waals surface area contributed by atoms with E-state index in [2.05, 4.69) is 45.0 Å². The van der Waals surface area contributed by atoms with Gasteiger partial charge in [-0.3, -0.25) is 0 Å². The van der Waals surface area contributed by atoms with Gasteiger partial charge in [0, 0.05) is 31.0 Å². The molecule has 1 aromatic rings. The van der Waals surface area contributed by atoms with Gasteiger partial charge in [0.15, 0.2) is 5.13 Å². The van der Waals surface area contributed by atoms with E-state index in [1.807, 2.05) is 7.05 Å². The quantitative estimate of drug-likeness (QED) is 0.872. The molecule has 0 aromatic carbocycles. The van der Waals surface area contributed by atoms with Crippen LogP contribution < -0.4 is 10.2 Å². The molecule has 0 saturated carbocycles. The van der Waals surface area contributed by atoms with Crippen molar-refractivity contribution < 1.29 is 4.74 Å². The summed E-state index contributed by atoms with van der Waals surface area (Å²) in [5, 5.41) is 4.30. The molecule has 4 nitrogen and oxygen atoms in total. The number of hydrogen-bond acceptors (Lipinski definition) is 5. The maximum atomic E-state index is 5.22. The van der Waals surface area contributed by atoms with Gasteiger partial charge < -0.3 is 15.0 Å². The summed E-state index contributed by atoms with van der Waals surface area (Å²) in [6.45, 7) is 10.4. The average Bonchev–Trinajstić information content (AvgIpc) is 2.72. The average molecular weight is 285 g/mol. The van der Waals surface area contributed by atoms with Crippen LogP contribution in [0.3, 0.4) is 0 Å². The second-order valence-corrected chi connectivity index (χ2v) is 7.03. The number of ether oxygens (including phenoxy) is 1. The molecule has 0 saturated heterocycles. The van der Waals surface area contributed by atoms with E-state index in [1.165, 1.54) is 10.6 Å². The van der Waals surface area contributed by atoms with Gasteiger partial charge in [-0.1, -0.05) is 20.8 Å². The Balaban J connectivity index is 3.03. The van der Waals surface area contributed by atoms with Gasteiger partial charge >= 0.3 is 0 Å². The molecule has 1 atom stereocenters. The minimum Gasteiger partial charge on any atom is -0.383 e. The van der Waals surface area contributed by atoms with Crippen molar-refractivity contribution in [2.45, 2.75) is 45.7 Å². The van der Waals surface area contributed by atoms with Crippen LogP contribution in [0.4, 0.5) is 5.13 Å². The third kappa shape index (κ3) is 4.16. The van der Waals surface area contributed by atoms with Crippen molar-refractivity contribution in [3.63, 3.8) is 0 Å². The molecular weight excluding hydrogens is 258 g/mol. The Morgan fingerprint density at radius 3 is 2.53 bits per heavy atom. The maximum Gasteiger partial charge on any atom is 0.185 e. The standard InChI is InChI=1S/C14H27N3OS/c1-10(9-18-7)17(6)13-16-12(14(2,3)4)11(19-13)8-15-5/h10,15H,8-9H2,1-7H3. The second-order valence-electron chi connectivity index (χ2n) is 5.96. The topological polar surface area (TPSA) is 37.4 Å². The molecule has 0 aliphatic carbocycles. The highest BCUT2D eigenvalue weighted by Crippen LogP contribution is 2.34. The molecule has 0 fully saturated rings. The number of nitrogens with one attached hydrogen (secondary N) is 1. The first-order valence-corrected chi connectivity index (χ1v) is 7.49. The zero-order chi connectivity index (χ0) is 14.6. The molecule has 1 heterocycles. The predicted molar refractivity (Wildman–Crippen MR) is 83.3 cm³/mol. The van der Waals surface area contributed by atoms with Crippen LogP contribution in [-0.2, 0) is 16.7 Å². The smallest absolute Gasteiger partial charge is 0.185 e. The van der Waals surface area contributed by atoms with Gasteiger partial charge in [0.1, 0.15) is 0 Å². The molecule has 1 aromatic heterocycles. The van der Waals surface area contributed by atoms with E-state index < -0.39 is 0 Å². The van der Waals surface area contributed by atoms with Crippen LogP contribution in [0, 0.1) is 0 Å². The highest BCUT2D eigenvalue weighted by atomic mass is 32.1. The minimum absolute atomic E-state index is 0.0757. The predicted octanol–water partition coefficient (Wildman–Crippen LogP) is 2.63. The third-order valence-corrected chi connectivity index (χ3v) is 4.25. The molecule has 0 spiro atoms. The van der Waals surface area contributed by atoms with E-state index in [0.29, 0.717) is 12.6 Å². The number of nitrogens with zero attached hydrogens (tertiary/aromatic N) is 2. The van der Waals surface area contributed by atoms with E-state index in [-0.39, 0.29) is 5.41 Å². The van der Waals surface area contributed by atoms with Crippen molar-refractivity contribution in [3.8, 4) is 0 Å². The van der Waals surface area contributed by atoms with Gasteiger partial charge in [0.05, 0.1) is 18.3 Å². The molecule has 0 amide bonds. The molecule has 0 aliphatic heterocycles. The summed E-state index contributed by atoms with van der Waals surface area (Å²) in [6.07, 6.45) is 0. The van der Waals surface area contributed by atoms with Gasteiger partial charge in [-0.2, -0.15) is 0 Å². The summed E-state index contributed by atoms with van der Waals surface area (Å²) in [6, 6.07) is 0.325. The Labute approximate surface area is 121 Å². The van der Waals surface area contributed by atoms with Crippen molar-refractivity contribution in [3.05, 3.63) is 10.6 Å². The van der Waals surface area contributed by atoms with Crippen LogP contribution in [0.25, 0.3) is 0 Å². The monoisotopic (exact) mass is 285 g/mol. The maximum absolute atomic E-state index is 5.22. The molecule has 5 heteroatoms. The first-order chi connectivity index (χ1) is 8.81. The summed E-state index contributed by atoms with van der Waals surface area (Å²) in [4.78, 5) is 8.37. The summed E-state index contributed by atoms with van der Waals surface area (Å²) < 4.78 is 5.22. The van der Waals surface area contributed by atoms with Crippen molar-refractivity contribution >= 4 is 16.5 Å². The number of thiazole rings is 1. The molecule has 1 unspecified atom stereocenters. The Morgan fingerprint density at radius 2 is 2.05 bits per heavy atom. The van der Waals surface area contributed by atoms with Crippen LogP contribution in [0.2, 0.25) is 0 Å². The molecule has 19 heavy (non-hydrogen) atoms. The van der Waals surface area contributed by atoms with Gasteiger partial charge in [-0.15, -0.1) is 11.3 Å². The Hall–Kier alpha value is -0.650. The number of anilines is 1. The Morgan fingerprint density at radius 1 is 1.42 bits per heavy atom. The van der Waals surface area contributed by atoms with Gasteiger partial charge in [-0.05, 0) is 14.0 Å². The number of hydrogen-bond donors (Lipinski definition) is 1. The summed E-state index contributed by atoms with van der Waals surface area (Å²) in [7, 11) is 5.79. The van der Waals surface area contributed by atoms with Gasteiger partial charge in [-0.25, -0.2) is 4.98 Å². The Bertz CT molecular complexity index is 398. The van der Waals surface area contributed by atoms with E-state index >= 15 is 0 Å². The van der Waals surface area contributed by atoms with Gasteiger partial charge in [0.25, 0.3) is 0 Å². The van der Waals surface area contributed by atoms with Crippen LogP contribution in [0.15, 0.2) is 0 Å². The fourth-order valence-electron chi connectivity index (χ4n) is 1.90. The molecule has 0 aliphatic rings. The fourth-order valence-corrected chi connectivity index (χ4v) is 3.24. The second kappa shape index (κ2) is 6.68. The largest absolute Gasteiger partial charge is 0.383 e. The highest BCUT2D eigenvalue weighted by Gasteiger charge is 2.25. The number of likely N-dealkylation sites (N-methyl/N-ethyl adjacent to an activating group) is 1. The van der Waals surface area contributed by atoms with Crippen molar-refractivity contribution in [2.75, 3.05) is 32.7 Å². The van der Waals surface area contributed by atoms with Crippen LogP contribution >= 0.6 is 11.3 Å². The SMILES string of the molecule is CNCc1sc(N(C)C(C)COC)nc1C(C)(C)C. The molecule has 0 radical (unpaired) electrons. The van der Waals surface area contributed by atoms with E-state index in [9.17, 15) is 0 Å². The van der Waals surface area contributed by atoms with E-state index in [4.69, 9.17) is 9.72 Å². The molecule has 1 N–H and O–H groups in total. The zero-order valence-electron chi connectivity index (χ0n) is 13.2. The lowest BCUT2D eigenvalue weighted by atomic mass is 9.91. The lowest BCUT2D eigenvalue weighted by Crippen LogP contribution is -2.32. The summed E-state index contributed by atoms with van der Waals surface area (Å²) in [5.41, 5.74) is 1.27. The fraction of sp³-hybridized carbons (Fsp3) is 0.786. The molecule has 110 valence electrons. The summed E-state index contributed by atoms with van der Waals surface area (Å²) >= 11 is 1.77. The number of rotatable bonds is 6. The lowest BCUT2D eigenvalue weighted by Gasteiger charge is -2.23. The zero-order valence-corrected chi connectivity index (χ0v) is 14.0. The first kappa shape index (κ1) is 16.4. The lowest BCUT2D eigenvalue weighted by molar-refractivity contribution is 0.183. The highest BCUT2D eigenvalue weighted by molar-refractivity contribution is 7.15. The van der Waals surface area contributed by atoms with Crippen LogP contribution in [0.1, 0.15) is 38.3 Å². The minimum atomic E-state index is 0.0757. The van der Waals surface area contributed by atoms with Crippen LogP contribution in [0.5, 0.6) is 0 Å². The summed E-state index contributed by atoms with van der Waals surface area (Å²) in [5.74, 6) is 0. The third-order valence-electron chi connectivity index (χ3n) is 3.10. The normalized spacial score (nSPS) is 13.6. The molecule has 1 rings (SSSR count). The van der Waals surface area contributed by atoms with Crippen molar-refractivity contribution in [1.82, 2.24) is 10.3 Å². The van der Waals surface area contributed by atoms with E-state index in [0.717, 1.165) is 11.7 Å². The number of methoxy groups -OCH3 is 1. The van der Waals surface area contributed by atoms with Gasteiger partial charge in [0.2, 0.25) is 0 Å². The first-order valence-electron chi connectivity index (χ1n) is 6.67. The molecular formula is C14H27N3OS. The Kier molecular flexibility index (Phi) is 5.77. The van der Waals surface area contributed by atoms with E-state index in [1.54, 1.807) is 18.4 Å². The van der Waals surface area contributed by atoms with Crippen molar-refractivity contribution in [1.29, 1.82) is 0 Å². The van der Waals surface area contributed by atoms with Crippen LogP contribution in [-0.4, -0.2) is 38.8 Å². The molecule has 0 bridgehead atoms.